The Bertz CT molecular complexity index is 1080. The summed E-state index contributed by atoms with van der Waals surface area (Å²) in [5.41, 5.74) is 4.17. The molecular formula is C22H29ClN2O4S. The van der Waals surface area contributed by atoms with Gasteiger partial charge in [0.1, 0.15) is 5.56 Å². The van der Waals surface area contributed by atoms with Crippen LogP contribution in [0, 0.1) is 6.92 Å². The van der Waals surface area contributed by atoms with Crippen LogP contribution in [0.15, 0.2) is 23.9 Å². The van der Waals surface area contributed by atoms with Crippen LogP contribution < -0.4 is 4.18 Å². The number of ketones is 1. The lowest BCUT2D eigenvalue weighted by atomic mass is 9.92. The molecule has 0 saturated carbocycles. The standard InChI is InChI=1S/C22H29ClN2O4S/c1-7-9-12-30(27,28)29-22-18(13-24-25(22)8-2)21(26)17-10-11-19(23)20(16(17)6)15(5)14(3)4/h10-11,13H,7-9,12H2,1-6H3. The average Bonchev–Trinajstić information content (AvgIpc) is 3.07. The van der Waals surface area contributed by atoms with Crippen LogP contribution >= 0.6 is 11.6 Å². The van der Waals surface area contributed by atoms with E-state index in [1.807, 2.05) is 34.6 Å². The second kappa shape index (κ2) is 9.79. The number of carbonyl (C=O) groups is 1. The number of aromatic nitrogens is 2. The third-order valence-electron chi connectivity index (χ3n) is 5.07. The number of halogens is 1. The van der Waals surface area contributed by atoms with Gasteiger partial charge >= 0.3 is 10.1 Å². The molecule has 6 nitrogen and oxygen atoms in total. The predicted octanol–water partition coefficient (Wildman–Crippen LogP) is 5.42. The highest BCUT2D eigenvalue weighted by Gasteiger charge is 2.26. The monoisotopic (exact) mass is 452 g/mol. The van der Waals surface area contributed by atoms with Crippen LogP contribution in [-0.4, -0.2) is 29.7 Å². The summed E-state index contributed by atoms with van der Waals surface area (Å²) in [4.78, 5) is 13.4. The van der Waals surface area contributed by atoms with Gasteiger partial charge < -0.3 is 4.18 Å². The summed E-state index contributed by atoms with van der Waals surface area (Å²) in [6.45, 7) is 11.8. The topological polar surface area (TPSA) is 78.3 Å². The molecule has 0 fully saturated rings. The van der Waals surface area contributed by atoms with Gasteiger partial charge in [0.2, 0.25) is 5.88 Å². The number of hydrogen-bond donors (Lipinski definition) is 0. The predicted molar refractivity (Wildman–Crippen MR) is 121 cm³/mol. The van der Waals surface area contributed by atoms with Crippen molar-refractivity contribution in [2.45, 2.75) is 60.9 Å². The minimum atomic E-state index is -3.83. The second-order valence-corrected chi connectivity index (χ2v) is 9.52. The van der Waals surface area contributed by atoms with E-state index in [9.17, 15) is 13.2 Å². The number of rotatable bonds is 9. The Kier molecular flexibility index (Phi) is 7.88. The van der Waals surface area contributed by atoms with Crippen molar-refractivity contribution in [1.29, 1.82) is 0 Å². The molecule has 0 saturated heterocycles. The molecule has 1 aromatic heterocycles. The smallest absolute Gasteiger partial charge is 0.310 e. The molecule has 1 aromatic carbocycles. The van der Waals surface area contributed by atoms with Crippen LogP contribution in [-0.2, 0) is 16.7 Å². The molecule has 0 unspecified atom stereocenters. The highest BCUT2D eigenvalue weighted by molar-refractivity contribution is 7.87. The van der Waals surface area contributed by atoms with Crippen LogP contribution in [0.5, 0.6) is 5.88 Å². The van der Waals surface area contributed by atoms with Crippen LogP contribution in [0.1, 0.15) is 74.5 Å². The first-order valence-corrected chi connectivity index (χ1v) is 12.0. The van der Waals surface area contributed by atoms with E-state index in [2.05, 4.69) is 5.10 Å². The third kappa shape index (κ3) is 5.13. The van der Waals surface area contributed by atoms with Crippen molar-refractivity contribution < 1.29 is 17.4 Å². The van der Waals surface area contributed by atoms with Crippen molar-refractivity contribution in [3.05, 3.63) is 51.2 Å². The van der Waals surface area contributed by atoms with Gasteiger partial charge in [-0.15, -0.1) is 0 Å². The Balaban J connectivity index is 2.57. The number of benzene rings is 1. The molecule has 2 aromatic rings. The van der Waals surface area contributed by atoms with Gasteiger partial charge in [0.25, 0.3) is 0 Å². The molecule has 0 spiro atoms. The van der Waals surface area contributed by atoms with Gasteiger partial charge in [0.15, 0.2) is 5.78 Å². The average molecular weight is 453 g/mol. The Labute approximate surface area is 184 Å². The lowest BCUT2D eigenvalue weighted by molar-refractivity contribution is 0.103. The fraction of sp³-hybridized carbons (Fsp3) is 0.455. The fourth-order valence-electron chi connectivity index (χ4n) is 3.11. The summed E-state index contributed by atoms with van der Waals surface area (Å²) in [7, 11) is -3.83. The van der Waals surface area contributed by atoms with Gasteiger partial charge in [-0.1, -0.05) is 30.5 Å². The van der Waals surface area contributed by atoms with Crippen LogP contribution in [0.2, 0.25) is 5.02 Å². The maximum Gasteiger partial charge on any atom is 0.310 e. The van der Waals surface area contributed by atoms with E-state index in [4.69, 9.17) is 15.8 Å². The molecule has 2 rings (SSSR count). The van der Waals surface area contributed by atoms with Gasteiger partial charge in [-0.05, 0) is 69.9 Å². The normalized spacial score (nSPS) is 11.4. The number of nitrogens with zero attached hydrogens (tertiary/aromatic N) is 2. The van der Waals surface area contributed by atoms with E-state index in [1.165, 1.54) is 10.9 Å². The van der Waals surface area contributed by atoms with Gasteiger partial charge in [-0.3, -0.25) is 4.79 Å². The van der Waals surface area contributed by atoms with Crippen LogP contribution in [0.25, 0.3) is 5.57 Å². The van der Waals surface area contributed by atoms with E-state index in [-0.39, 0.29) is 23.0 Å². The molecule has 0 aliphatic rings. The summed E-state index contributed by atoms with van der Waals surface area (Å²) in [5, 5.41) is 4.71. The molecule has 1 heterocycles. The zero-order chi connectivity index (χ0) is 22.6. The van der Waals surface area contributed by atoms with Gasteiger partial charge in [-0.25, -0.2) is 4.68 Å². The molecule has 30 heavy (non-hydrogen) atoms. The summed E-state index contributed by atoms with van der Waals surface area (Å²) in [6.07, 6.45) is 2.56. The van der Waals surface area contributed by atoms with Crippen molar-refractivity contribution >= 4 is 33.1 Å². The van der Waals surface area contributed by atoms with Crippen molar-refractivity contribution in [2.24, 2.45) is 0 Å². The number of hydrogen-bond acceptors (Lipinski definition) is 5. The minimum absolute atomic E-state index is 0.0477. The maximum atomic E-state index is 13.4. The number of unbranched alkanes of at least 4 members (excludes halogenated alkanes) is 1. The van der Waals surface area contributed by atoms with E-state index in [1.54, 1.807) is 19.1 Å². The largest absolute Gasteiger partial charge is 0.361 e. The van der Waals surface area contributed by atoms with Crippen LogP contribution in [0.3, 0.4) is 0 Å². The summed E-state index contributed by atoms with van der Waals surface area (Å²) in [6, 6.07) is 3.34. The van der Waals surface area contributed by atoms with E-state index >= 15 is 0 Å². The molecule has 8 heteroatoms. The van der Waals surface area contributed by atoms with Crippen molar-refractivity contribution in [3.8, 4) is 5.88 Å². The first-order chi connectivity index (χ1) is 14.0. The SMILES string of the molecule is CCCCS(=O)(=O)Oc1c(C(=O)c2ccc(Cl)c(C(C)=C(C)C)c2C)cnn1CC. The molecule has 0 radical (unpaired) electrons. The maximum absolute atomic E-state index is 13.4. The van der Waals surface area contributed by atoms with Crippen LogP contribution in [0.4, 0.5) is 0 Å². The highest BCUT2D eigenvalue weighted by atomic mass is 35.5. The first-order valence-electron chi connectivity index (χ1n) is 10.00. The second-order valence-electron chi connectivity index (χ2n) is 7.43. The molecule has 0 aliphatic heterocycles. The Hall–Kier alpha value is -2.12. The molecule has 164 valence electrons. The van der Waals surface area contributed by atoms with Crippen molar-refractivity contribution in [3.63, 3.8) is 0 Å². The zero-order valence-corrected chi connectivity index (χ0v) is 19.9. The molecule has 0 N–H and O–H groups in total. The molecule has 0 amide bonds. The number of carbonyl (C=O) groups excluding carboxylic acids is 1. The van der Waals surface area contributed by atoms with E-state index in [0.717, 1.165) is 28.7 Å². The molecule has 0 atom stereocenters. The van der Waals surface area contributed by atoms with Crippen molar-refractivity contribution in [1.82, 2.24) is 9.78 Å². The summed E-state index contributed by atoms with van der Waals surface area (Å²) in [5.74, 6) is -0.517. The lowest BCUT2D eigenvalue weighted by Gasteiger charge is -2.15. The number of allylic oxidation sites excluding steroid dienone is 2. The van der Waals surface area contributed by atoms with E-state index < -0.39 is 10.1 Å². The minimum Gasteiger partial charge on any atom is -0.361 e. The quantitative estimate of drug-likeness (QED) is 0.375. The van der Waals surface area contributed by atoms with Crippen molar-refractivity contribution in [2.75, 3.05) is 5.75 Å². The zero-order valence-electron chi connectivity index (χ0n) is 18.4. The molecular weight excluding hydrogens is 424 g/mol. The first kappa shape index (κ1) is 24.2. The number of aryl methyl sites for hydroxylation is 1. The van der Waals surface area contributed by atoms with E-state index in [0.29, 0.717) is 23.6 Å². The summed E-state index contributed by atoms with van der Waals surface area (Å²) < 4.78 is 31.5. The Morgan fingerprint density at radius 2 is 1.83 bits per heavy atom. The molecule has 0 bridgehead atoms. The Morgan fingerprint density at radius 1 is 1.17 bits per heavy atom. The molecule has 0 aliphatic carbocycles. The van der Waals surface area contributed by atoms with Gasteiger partial charge in [0.05, 0.1) is 11.9 Å². The Morgan fingerprint density at radius 3 is 2.40 bits per heavy atom. The third-order valence-corrected chi connectivity index (χ3v) is 6.59. The van der Waals surface area contributed by atoms with Gasteiger partial charge in [0, 0.05) is 17.1 Å². The fourth-order valence-corrected chi connectivity index (χ4v) is 4.59. The highest BCUT2D eigenvalue weighted by Crippen LogP contribution is 2.33. The van der Waals surface area contributed by atoms with Gasteiger partial charge in [-0.2, -0.15) is 13.5 Å². The summed E-state index contributed by atoms with van der Waals surface area (Å²) >= 11 is 6.42. The lowest BCUT2D eigenvalue weighted by Crippen LogP contribution is -2.18.